The van der Waals surface area contributed by atoms with Crippen LogP contribution in [-0.4, -0.2) is 30.8 Å². The number of pyridine rings is 2. The molecule has 0 fully saturated rings. The highest BCUT2D eigenvalue weighted by atomic mass is 19.3. The van der Waals surface area contributed by atoms with E-state index in [9.17, 15) is 23.1 Å². The summed E-state index contributed by atoms with van der Waals surface area (Å²) < 4.78 is 40.9. The topological polar surface area (TPSA) is 115 Å². The molecule has 0 radical (unpaired) electrons. The standard InChI is InChI=1S/C28H26F3N5O2/c1-15-13-17(14-20(33-15)26(30)31)23-24(16-7-9-18(29)10-8-16)35-27(32)36-25(23)21(37)12-11-19-5-4-6-22(34-19)28(2,3)38/h4-10,13-14,26,38H,11-12H2,1-3H3,(H2,32,35,36). The van der Waals surface area contributed by atoms with Gasteiger partial charge in [-0.25, -0.2) is 23.1 Å². The van der Waals surface area contributed by atoms with Gasteiger partial charge in [0.1, 0.15) is 22.8 Å². The second-order valence-electron chi connectivity index (χ2n) is 9.38. The van der Waals surface area contributed by atoms with Crippen LogP contribution in [0.5, 0.6) is 0 Å². The number of carbonyl (C=O) groups excluding carboxylic acids is 1. The molecule has 38 heavy (non-hydrogen) atoms. The first-order valence-corrected chi connectivity index (χ1v) is 11.8. The molecule has 0 atom stereocenters. The molecule has 0 aliphatic carbocycles. The molecule has 3 aromatic heterocycles. The zero-order valence-corrected chi connectivity index (χ0v) is 21.0. The van der Waals surface area contributed by atoms with Crippen LogP contribution in [0, 0.1) is 12.7 Å². The predicted octanol–water partition coefficient (Wildman–Crippen LogP) is 5.61. The second kappa shape index (κ2) is 10.7. The molecule has 7 nitrogen and oxygen atoms in total. The summed E-state index contributed by atoms with van der Waals surface area (Å²) in [6.07, 6.45) is -2.64. The minimum atomic E-state index is -2.84. The third-order valence-corrected chi connectivity index (χ3v) is 5.84. The number of aliphatic hydroxyl groups is 1. The fourth-order valence-electron chi connectivity index (χ4n) is 4.04. The minimum absolute atomic E-state index is 0.0274. The van der Waals surface area contributed by atoms with Crippen molar-refractivity contribution in [2.75, 3.05) is 5.73 Å². The normalized spacial score (nSPS) is 11.7. The van der Waals surface area contributed by atoms with Crippen LogP contribution in [0.1, 0.15) is 60.0 Å². The fourth-order valence-corrected chi connectivity index (χ4v) is 4.04. The number of aromatic nitrogens is 4. The number of halogens is 3. The average molecular weight is 522 g/mol. The summed E-state index contributed by atoms with van der Waals surface area (Å²) in [6, 6.07) is 13.3. The van der Waals surface area contributed by atoms with E-state index in [1.54, 1.807) is 45.0 Å². The molecule has 1 aromatic carbocycles. The smallest absolute Gasteiger partial charge is 0.280 e. The molecular weight excluding hydrogens is 495 g/mol. The van der Waals surface area contributed by atoms with Gasteiger partial charge in [-0.2, -0.15) is 0 Å². The average Bonchev–Trinajstić information content (AvgIpc) is 2.86. The van der Waals surface area contributed by atoms with Crippen LogP contribution in [0.4, 0.5) is 19.1 Å². The van der Waals surface area contributed by atoms with Gasteiger partial charge in [0.15, 0.2) is 5.78 Å². The highest BCUT2D eigenvalue weighted by molar-refractivity contribution is 6.04. The Morgan fingerprint density at radius 2 is 1.71 bits per heavy atom. The van der Waals surface area contributed by atoms with E-state index in [1.165, 1.54) is 30.3 Å². The van der Waals surface area contributed by atoms with Crippen LogP contribution in [0.15, 0.2) is 54.6 Å². The van der Waals surface area contributed by atoms with Crippen molar-refractivity contribution in [3.8, 4) is 22.4 Å². The molecule has 10 heteroatoms. The maximum Gasteiger partial charge on any atom is 0.280 e. The Morgan fingerprint density at radius 3 is 2.37 bits per heavy atom. The summed E-state index contributed by atoms with van der Waals surface area (Å²) in [4.78, 5) is 30.4. The van der Waals surface area contributed by atoms with Gasteiger partial charge < -0.3 is 10.8 Å². The zero-order valence-electron chi connectivity index (χ0n) is 21.0. The Hall–Kier alpha value is -4.18. The second-order valence-corrected chi connectivity index (χ2v) is 9.38. The molecule has 0 aliphatic heterocycles. The first kappa shape index (κ1) is 26.9. The van der Waals surface area contributed by atoms with Gasteiger partial charge in [0.2, 0.25) is 5.95 Å². The van der Waals surface area contributed by atoms with E-state index in [4.69, 9.17) is 5.73 Å². The molecule has 0 bridgehead atoms. The quantitative estimate of drug-likeness (QED) is 0.290. The van der Waals surface area contributed by atoms with Crippen molar-refractivity contribution < 1.29 is 23.1 Å². The third-order valence-electron chi connectivity index (χ3n) is 5.84. The lowest BCUT2D eigenvalue weighted by atomic mass is 9.94. The van der Waals surface area contributed by atoms with Gasteiger partial charge in [0, 0.05) is 28.9 Å². The molecule has 3 heterocycles. The number of rotatable bonds is 8. The largest absolute Gasteiger partial charge is 0.384 e. The number of anilines is 1. The Balaban J connectivity index is 1.82. The minimum Gasteiger partial charge on any atom is -0.384 e. The van der Waals surface area contributed by atoms with Crippen molar-refractivity contribution in [1.82, 2.24) is 19.9 Å². The maximum absolute atomic E-state index is 13.6. The molecule has 0 saturated carbocycles. The Kier molecular flexibility index (Phi) is 7.54. The molecule has 4 rings (SSSR count). The number of nitrogens with two attached hydrogens (primary N) is 1. The number of Topliss-reactive ketones (excluding diaryl/α,β-unsaturated/α-hetero) is 1. The van der Waals surface area contributed by atoms with Crippen molar-refractivity contribution in [3.63, 3.8) is 0 Å². The van der Waals surface area contributed by atoms with E-state index in [0.717, 1.165) is 0 Å². The van der Waals surface area contributed by atoms with Crippen LogP contribution < -0.4 is 5.73 Å². The molecule has 0 unspecified atom stereocenters. The summed E-state index contributed by atoms with van der Waals surface area (Å²) in [5, 5.41) is 10.3. The zero-order chi connectivity index (χ0) is 27.6. The Bertz CT molecular complexity index is 1490. The number of nitrogen functional groups attached to an aromatic ring is 1. The number of hydrogen-bond acceptors (Lipinski definition) is 7. The van der Waals surface area contributed by atoms with Crippen molar-refractivity contribution in [2.24, 2.45) is 0 Å². The molecule has 0 saturated heterocycles. The highest BCUT2D eigenvalue weighted by Gasteiger charge is 2.24. The summed E-state index contributed by atoms with van der Waals surface area (Å²) in [7, 11) is 0. The lowest BCUT2D eigenvalue weighted by Gasteiger charge is -2.17. The number of carbonyl (C=O) groups is 1. The van der Waals surface area contributed by atoms with Gasteiger partial charge >= 0.3 is 0 Å². The van der Waals surface area contributed by atoms with Crippen LogP contribution in [-0.2, 0) is 12.0 Å². The van der Waals surface area contributed by atoms with Gasteiger partial charge in [-0.3, -0.25) is 14.8 Å². The van der Waals surface area contributed by atoms with Crippen LogP contribution in [0.25, 0.3) is 22.4 Å². The van der Waals surface area contributed by atoms with Gasteiger partial charge in [0.05, 0.1) is 11.4 Å². The maximum atomic E-state index is 13.6. The Morgan fingerprint density at radius 1 is 1.00 bits per heavy atom. The van der Waals surface area contributed by atoms with Gasteiger partial charge in [-0.1, -0.05) is 6.07 Å². The number of nitrogens with zero attached hydrogens (tertiary/aromatic N) is 4. The van der Waals surface area contributed by atoms with Gasteiger partial charge in [-0.15, -0.1) is 0 Å². The van der Waals surface area contributed by atoms with E-state index >= 15 is 0 Å². The lowest BCUT2D eigenvalue weighted by molar-refractivity contribution is 0.0736. The molecule has 0 aliphatic rings. The SMILES string of the molecule is Cc1cc(-c2c(C(=O)CCc3cccc(C(C)(C)O)n3)nc(N)nc2-c2ccc(F)cc2)cc(C(F)F)n1. The number of alkyl halides is 2. The Labute approximate surface area is 217 Å². The molecule has 4 aromatic rings. The third kappa shape index (κ3) is 6.03. The predicted molar refractivity (Wildman–Crippen MR) is 137 cm³/mol. The van der Waals surface area contributed by atoms with Crippen LogP contribution in [0.2, 0.25) is 0 Å². The van der Waals surface area contributed by atoms with E-state index in [-0.39, 0.29) is 41.3 Å². The molecule has 196 valence electrons. The first-order chi connectivity index (χ1) is 17.9. The van der Waals surface area contributed by atoms with E-state index in [1.807, 2.05) is 0 Å². The molecular formula is C28H26F3N5O2. The summed E-state index contributed by atoms with van der Waals surface area (Å²) in [5.74, 6) is -1.09. The first-order valence-electron chi connectivity index (χ1n) is 11.8. The summed E-state index contributed by atoms with van der Waals surface area (Å²) >= 11 is 0. The molecule has 0 amide bonds. The van der Waals surface area contributed by atoms with Gasteiger partial charge in [-0.05, 0) is 81.3 Å². The summed E-state index contributed by atoms with van der Waals surface area (Å²) in [5.41, 5.74) is 6.74. The van der Waals surface area contributed by atoms with Gasteiger partial charge in [0.25, 0.3) is 6.43 Å². The number of hydrogen-bond donors (Lipinski definition) is 2. The van der Waals surface area contributed by atoms with Crippen molar-refractivity contribution >= 4 is 11.7 Å². The summed E-state index contributed by atoms with van der Waals surface area (Å²) in [6.45, 7) is 4.79. The van der Waals surface area contributed by atoms with E-state index < -0.39 is 29.3 Å². The van der Waals surface area contributed by atoms with E-state index in [0.29, 0.717) is 22.6 Å². The molecule has 3 N–H and O–H groups in total. The van der Waals surface area contributed by atoms with E-state index in [2.05, 4.69) is 19.9 Å². The van der Waals surface area contributed by atoms with Crippen molar-refractivity contribution in [2.45, 2.75) is 45.6 Å². The highest BCUT2D eigenvalue weighted by Crippen LogP contribution is 2.36. The van der Waals surface area contributed by atoms with Crippen molar-refractivity contribution in [3.05, 3.63) is 88.9 Å². The van der Waals surface area contributed by atoms with Crippen LogP contribution >= 0.6 is 0 Å². The number of aryl methyl sites for hydroxylation is 2. The monoisotopic (exact) mass is 521 g/mol. The lowest BCUT2D eigenvalue weighted by Crippen LogP contribution is -2.18. The number of ketones is 1. The van der Waals surface area contributed by atoms with Crippen molar-refractivity contribution in [1.29, 1.82) is 0 Å². The molecule has 0 spiro atoms. The number of benzene rings is 1. The fraction of sp³-hybridized carbons (Fsp3) is 0.250. The van der Waals surface area contributed by atoms with Crippen LogP contribution in [0.3, 0.4) is 0 Å².